The van der Waals surface area contributed by atoms with E-state index >= 15 is 0 Å². The topological polar surface area (TPSA) is 77.3 Å². The molecule has 23 heavy (non-hydrogen) atoms. The zero-order valence-electron chi connectivity index (χ0n) is 13.1. The number of nitriles is 1. The largest absolute Gasteiger partial charge is 0.357 e. The van der Waals surface area contributed by atoms with E-state index in [2.05, 4.69) is 9.88 Å². The van der Waals surface area contributed by atoms with E-state index in [1.807, 2.05) is 6.07 Å². The number of Topliss-reactive ketones (excluding diaryl/α,β-unsaturated/α-hetero) is 1. The second-order valence-corrected chi connectivity index (χ2v) is 6.06. The number of amides is 1. The zero-order chi connectivity index (χ0) is 16.2. The lowest BCUT2D eigenvalue weighted by molar-refractivity contribution is -0.131. The second kappa shape index (κ2) is 6.78. The highest BCUT2D eigenvalue weighted by molar-refractivity contribution is 6.12. The minimum Gasteiger partial charge on any atom is -0.357 e. The normalized spacial score (nSPS) is 18.7. The molecule has 3 rings (SSSR count). The van der Waals surface area contributed by atoms with E-state index in [1.165, 1.54) is 6.20 Å². The summed E-state index contributed by atoms with van der Waals surface area (Å²) in [5.41, 5.74) is 0.326. The fraction of sp³-hybridized carbons (Fsp3) is 0.529. The van der Waals surface area contributed by atoms with E-state index in [1.54, 1.807) is 17.0 Å². The van der Waals surface area contributed by atoms with Gasteiger partial charge < -0.3 is 9.80 Å². The van der Waals surface area contributed by atoms with Gasteiger partial charge in [-0.3, -0.25) is 9.59 Å². The van der Waals surface area contributed by atoms with Gasteiger partial charge in [-0.1, -0.05) is 0 Å². The SMILES string of the molecule is N#C[C@@H](C(=O)c1ccc(N2CCCC2)nc1)C(=O)N1CCCC1. The number of nitrogens with zero attached hydrogens (tertiary/aromatic N) is 4. The van der Waals surface area contributed by atoms with Crippen LogP contribution in [0.3, 0.4) is 0 Å². The first-order valence-corrected chi connectivity index (χ1v) is 8.14. The van der Waals surface area contributed by atoms with Crippen molar-refractivity contribution in [2.45, 2.75) is 25.7 Å². The summed E-state index contributed by atoms with van der Waals surface area (Å²) in [6, 6.07) is 5.34. The number of ketones is 1. The smallest absolute Gasteiger partial charge is 0.247 e. The Balaban J connectivity index is 1.72. The van der Waals surface area contributed by atoms with Gasteiger partial charge in [-0.2, -0.15) is 5.26 Å². The molecule has 1 aromatic rings. The molecule has 1 aromatic heterocycles. The Labute approximate surface area is 135 Å². The van der Waals surface area contributed by atoms with Crippen molar-refractivity contribution in [1.29, 1.82) is 5.26 Å². The van der Waals surface area contributed by atoms with Gasteiger partial charge in [-0.15, -0.1) is 0 Å². The number of pyridine rings is 1. The van der Waals surface area contributed by atoms with Crippen LogP contribution < -0.4 is 4.90 Å². The Bertz CT molecular complexity index is 623. The van der Waals surface area contributed by atoms with Crippen molar-refractivity contribution in [3.8, 4) is 6.07 Å². The summed E-state index contributed by atoms with van der Waals surface area (Å²) >= 11 is 0. The van der Waals surface area contributed by atoms with Gasteiger partial charge in [0.15, 0.2) is 11.7 Å². The number of carbonyl (C=O) groups is 2. The minimum atomic E-state index is -1.26. The third-order valence-electron chi connectivity index (χ3n) is 4.52. The molecule has 2 aliphatic rings. The Morgan fingerprint density at radius 1 is 1.09 bits per heavy atom. The van der Waals surface area contributed by atoms with E-state index in [0.29, 0.717) is 18.7 Å². The summed E-state index contributed by atoms with van der Waals surface area (Å²) in [6.07, 6.45) is 5.67. The third-order valence-corrected chi connectivity index (χ3v) is 4.52. The third kappa shape index (κ3) is 3.19. The molecule has 0 unspecified atom stereocenters. The van der Waals surface area contributed by atoms with Gasteiger partial charge in [0, 0.05) is 37.9 Å². The molecule has 2 aliphatic heterocycles. The number of anilines is 1. The van der Waals surface area contributed by atoms with Crippen LogP contribution in [0.4, 0.5) is 5.82 Å². The first kappa shape index (κ1) is 15.5. The Morgan fingerprint density at radius 2 is 1.74 bits per heavy atom. The van der Waals surface area contributed by atoms with Crippen LogP contribution in [0.25, 0.3) is 0 Å². The highest BCUT2D eigenvalue weighted by Gasteiger charge is 2.32. The molecular formula is C17H20N4O2. The van der Waals surface area contributed by atoms with Crippen molar-refractivity contribution in [2.75, 3.05) is 31.1 Å². The van der Waals surface area contributed by atoms with Gasteiger partial charge in [0.2, 0.25) is 5.91 Å². The standard InChI is InChI=1S/C17H20N4O2/c18-11-14(17(23)21-9-3-4-10-21)16(22)13-5-6-15(19-12-13)20-7-1-2-8-20/h5-6,12,14H,1-4,7-10H2/t14-/m0/s1. The molecule has 1 atom stereocenters. The monoisotopic (exact) mass is 312 g/mol. The van der Waals surface area contributed by atoms with Crippen LogP contribution in [0, 0.1) is 17.2 Å². The van der Waals surface area contributed by atoms with Crippen molar-refractivity contribution in [1.82, 2.24) is 9.88 Å². The average Bonchev–Trinajstić information content (AvgIpc) is 3.29. The molecule has 6 heteroatoms. The maximum absolute atomic E-state index is 12.5. The van der Waals surface area contributed by atoms with Crippen LogP contribution in [-0.2, 0) is 4.79 Å². The molecule has 0 aromatic carbocycles. The maximum atomic E-state index is 12.5. The van der Waals surface area contributed by atoms with E-state index in [-0.39, 0.29) is 5.91 Å². The number of aromatic nitrogens is 1. The van der Waals surface area contributed by atoms with Gasteiger partial charge in [-0.25, -0.2) is 4.98 Å². The van der Waals surface area contributed by atoms with Gasteiger partial charge in [0.1, 0.15) is 5.82 Å². The number of rotatable bonds is 4. The molecular weight excluding hydrogens is 292 g/mol. The number of carbonyl (C=O) groups excluding carboxylic acids is 2. The lowest BCUT2D eigenvalue weighted by Gasteiger charge is -2.18. The van der Waals surface area contributed by atoms with Crippen molar-refractivity contribution >= 4 is 17.5 Å². The van der Waals surface area contributed by atoms with Gasteiger partial charge in [-0.05, 0) is 37.8 Å². The van der Waals surface area contributed by atoms with E-state index in [9.17, 15) is 14.9 Å². The van der Waals surface area contributed by atoms with E-state index < -0.39 is 11.7 Å². The summed E-state index contributed by atoms with van der Waals surface area (Å²) in [6.45, 7) is 3.23. The molecule has 2 fully saturated rings. The Morgan fingerprint density at radius 3 is 2.30 bits per heavy atom. The molecule has 6 nitrogen and oxygen atoms in total. The lowest BCUT2D eigenvalue weighted by Crippen LogP contribution is -2.37. The summed E-state index contributed by atoms with van der Waals surface area (Å²) < 4.78 is 0. The molecule has 0 bridgehead atoms. The Hall–Kier alpha value is -2.42. The van der Waals surface area contributed by atoms with Crippen molar-refractivity contribution < 1.29 is 9.59 Å². The first-order valence-electron chi connectivity index (χ1n) is 8.14. The van der Waals surface area contributed by atoms with Gasteiger partial charge >= 0.3 is 0 Å². The Kier molecular flexibility index (Phi) is 4.56. The van der Waals surface area contributed by atoms with Gasteiger partial charge in [0.05, 0.1) is 6.07 Å². The number of hydrogen-bond acceptors (Lipinski definition) is 5. The second-order valence-electron chi connectivity index (χ2n) is 6.06. The van der Waals surface area contributed by atoms with Crippen molar-refractivity contribution in [2.24, 2.45) is 5.92 Å². The van der Waals surface area contributed by atoms with E-state index in [0.717, 1.165) is 44.6 Å². The molecule has 0 radical (unpaired) electrons. The summed E-state index contributed by atoms with van der Waals surface area (Å²) in [7, 11) is 0. The van der Waals surface area contributed by atoms with Gasteiger partial charge in [0.25, 0.3) is 0 Å². The van der Waals surface area contributed by atoms with E-state index in [4.69, 9.17) is 0 Å². The molecule has 0 aliphatic carbocycles. The summed E-state index contributed by atoms with van der Waals surface area (Å²) in [5.74, 6) is -1.24. The highest BCUT2D eigenvalue weighted by Crippen LogP contribution is 2.20. The van der Waals surface area contributed by atoms with Crippen LogP contribution in [0.1, 0.15) is 36.0 Å². The van der Waals surface area contributed by atoms with Crippen molar-refractivity contribution in [3.05, 3.63) is 23.9 Å². The average molecular weight is 312 g/mol. The van der Waals surface area contributed by atoms with Crippen LogP contribution in [0.15, 0.2) is 18.3 Å². The van der Waals surface area contributed by atoms with Crippen molar-refractivity contribution in [3.63, 3.8) is 0 Å². The number of hydrogen-bond donors (Lipinski definition) is 0. The first-order chi connectivity index (χ1) is 11.2. The predicted molar refractivity (Wildman–Crippen MR) is 84.9 cm³/mol. The maximum Gasteiger partial charge on any atom is 0.247 e. The summed E-state index contributed by atoms with van der Waals surface area (Å²) in [4.78, 5) is 32.9. The molecule has 0 N–H and O–H groups in total. The molecule has 0 spiro atoms. The fourth-order valence-corrected chi connectivity index (χ4v) is 3.18. The highest BCUT2D eigenvalue weighted by atomic mass is 16.2. The fourth-order valence-electron chi connectivity index (χ4n) is 3.18. The minimum absolute atomic E-state index is 0.326. The summed E-state index contributed by atoms with van der Waals surface area (Å²) in [5, 5.41) is 9.27. The van der Waals surface area contributed by atoms with Crippen LogP contribution in [0.5, 0.6) is 0 Å². The zero-order valence-corrected chi connectivity index (χ0v) is 13.1. The van der Waals surface area contributed by atoms with Crippen LogP contribution in [0.2, 0.25) is 0 Å². The molecule has 3 heterocycles. The lowest BCUT2D eigenvalue weighted by atomic mass is 9.99. The van der Waals surface area contributed by atoms with Crippen LogP contribution >= 0.6 is 0 Å². The molecule has 0 saturated carbocycles. The van der Waals surface area contributed by atoms with Crippen LogP contribution in [-0.4, -0.2) is 47.8 Å². The predicted octanol–water partition coefficient (Wildman–Crippen LogP) is 1.63. The molecule has 120 valence electrons. The quantitative estimate of drug-likeness (QED) is 0.624. The molecule has 2 saturated heterocycles. The molecule has 1 amide bonds. The number of likely N-dealkylation sites (tertiary alicyclic amines) is 1.